The second kappa shape index (κ2) is 8.94. The Morgan fingerprint density at radius 1 is 1.16 bits per heavy atom. The molecule has 0 saturated heterocycles. The predicted octanol–water partition coefficient (Wildman–Crippen LogP) is 5.73. The lowest BCUT2D eigenvalue weighted by Crippen LogP contribution is -2.24. The van der Waals surface area contributed by atoms with Crippen LogP contribution in [0.3, 0.4) is 0 Å². The van der Waals surface area contributed by atoms with E-state index in [1.807, 2.05) is 0 Å². The Morgan fingerprint density at radius 3 is 1.79 bits per heavy atom. The molecule has 1 atom stereocenters. The van der Waals surface area contributed by atoms with Crippen LogP contribution in [0, 0.1) is 11.3 Å². The van der Waals surface area contributed by atoms with Crippen LogP contribution < -0.4 is 0 Å². The standard InChI is InChI=1S/C7H8Br6NO4P/c1-5(2-14)16-19(15,17-6(10,11)3-8)18-7(12,13)4-9/h5H,3-4H2,1H3. The SMILES string of the molecule is CC(C#N)OP(=O)(OC(Br)(Br)CBr)OC(Br)(Br)CBr. The number of hydrogen-bond donors (Lipinski definition) is 0. The number of phosphoric ester groups is 1. The molecule has 1 unspecified atom stereocenters. The van der Waals surface area contributed by atoms with Gasteiger partial charge in [0.1, 0.15) is 0 Å². The minimum atomic E-state index is -4.04. The summed E-state index contributed by atoms with van der Waals surface area (Å²) in [5.74, 6) is 0. The van der Waals surface area contributed by atoms with Gasteiger partial charge in [-0.05, 0) is 70.6 Å². The largest absolute Gasteiger partial charge is 0.480 e. The van der Waals surface area contributed by atoms with E-state index >= 15 is 0 Å². The molecule has 12 heteroatoms. The van der Waals surface area contributed by atoms with Gasteiger partial charge in [0.05, 0.1) is 16.7 Å². The van der Waals surface area contributed by atoms with E-state index in [9.17, 15) is 4.57 Å². The second-order valence-electron chi connectivity index (χ2n) is 3.05. The van der Waals surface area contributed by atoms with Gasteiger partial charge in [-0.1, -0.05) is 31.9 Å². The number of phosphoric acid groups is 1. The molecule has 0 aliphatic rings. The molecule has 0 rings (SSSR count). The first-order valence-corrected chi connectivity index (χ1v) is 11.3. The van der Waals surface area contributed by atoms with Crippen molar-refractivity contribution in [1.82, 2.24) is 0 Å². The number of halogens is 6. The smallest absolute Gasteiger partial charge is 0.268 e. The molecule has 0 aliphatic heterocycles. The number of nitrogens with zero attached hydrogens (tertiary/aromatic N) is 1. The van der Waals surface area contributed by atoms with Crippen molar-refractivity contribution in [2.45, 2.75) is 19.9 Å². The molecule has 5 nitrogen and oxygen atoms in total. The molecule has 0 heterocycles. The lowest BCUT2D eigenvalue weighted by molar-refractivity contribution is 0.0877. The van der Waals surface area contributed by atoms with Gasteiger partial charge in [-0.15, -0.1) is 0 Å². The number of hydrogen-bond acceptors (Lipinski definition) is 5. The molecular weight excluding hydrogens is 672 g/mol. The maximum atomic E-state index is 12.6. The van der Waals surface area contributed by atoms with E-state index in [2.05, 4.69) is 95.6 Å². The maximum absolute atomic E-state index is 12.6. The molecule has 0 bridgehead atoms. The first-order valence-electron chi connectivity index (χ1n) is 4.46. The molecule has 0 amide bonds. The van der Waals surface area contributed by atoms with Gasteiger partial charge >= 0.3 is 7.82 Å². The van der Waals surface area contributed by atoms with Crippen LogP contribution in [0.4, 0.5) is 0 Å². The number of rotatable bonds is 8. The molecule has 0 aromatic rings. The highest BCUT2D eigenvalue weighted by molar-refractivity contribution is 9.26. The van der Waals surface area contributed by atoms with E-state index in [0.717, 1.165) is 0 Å². The van der Waals surface area contributed by atoms with E-state index in [1.165, 1.54) is 6.92 Å². The van der Waals surface area contributed by atoms with Gasteiger partial charge in [-0.25, -0.2) is 4.57 Å². The summed E-state index contributed by atoms with van der Waals surface area (Å²) < 4.78 is 25.8. The van der Waals surface area contributed by atoms with Gasteiger partial charge in [0.15, 0.2) is 12.9 Å². The van der Waals surface area contributed by atoms with Gasteiger partial charge in [-0.3, -0.25) is 13.6 Å². The molecule has 0 saturated carbocycles. The third-order valence-electron chi connectivity index (χ3n) is 1.27. The van der Waals surface area contributed by atoms with Crippen molar-refractivity contribution in [1.29, 1.82) is 5.26 Å². The highest BCUT2D eigenvalue weighted by Crippen LogP contribution is 2.61. The van der Waals surface area contributed by atoms with Crippen molar-refractivity contribution >= 4 is 103 Å². The third kappa shape index (κ3) is 9.26. The monoisotopic (exact) mass is 675 g/mol. The molecule has 0 aliphatic carbocycles. The predicted molar refractivity (Wildman–Crippen MR) is 94.7 cm³/mol. The van der Waals surface area contributed by atoms with Crippen molar-refractivity contribution in [2.75, 3.05) is 10.7 Å². The van der Waals surface area contributed by atoms with Gasteiger partial charge in [0.25, 0.3) is 0 Å². The zero-order valence-corrected chi connectivity index (χ0v) is 19.7. The summed E-state index contributed by atoms with van der Waals surface area (Å²) in [6, 6.07) is 1.79. The Balaban J connectivity index is 5.15. The van der Waals surface area contributed by atoms with Crippen molar-refractivity contribution in [3.05, 3.63) is 0 Å². The lowest BCUT2D eigenvalue weighted by Gasteiger charge is -2.29. The fraction of sp³-hybridized carbons (Fsp3) is 0.857. The molecule has 0 spiro atoms. The zero-order valence-electron chi connectivity index (χ0n) is 9.29. The summed E-state index contributed by atoms with van der Waals surface area (Å²) in [6.07, 6.45) is -0.969. The third-order valence-corrected chi connectivity index (χ3v) is 10.3. The van der Waals surface area contributed by atoms with Crippen LogP contribution in [0.15, 0.2) is 0 Å². The van der Waals surface area contributed by atoms with Crippen LogP contribution >= 0.6 is 103 Å². The molecule has 112 valence electrons. The van der Waals surface area contributed by atoms with Gasteiger partial charge in [-0.2, -0.15) is 5.26 Å². The second-order valence-corrected chi connectivity index (χ2v) is 12.9. The van der Waals surface area contributed by atoms with E-state index in [1.54, 1.807) is 6.07 Å². The van der Waals surface area contributed by atoms with E-state index < -0.39 is 20.8 Å². The average Bonchev–Trinajstić information content (AvgIpc) is 2.26. The number of alkyl halides is 6. The minimum absolute atomic E-state index is 0.254. The first kappa shape index (κ1) is 21.5. The maximum Gasteiger partial charge on any atom is 0.480 e. The molecular formula is C7H8Br6NO4P. The molecule has 0 aromatic carbocycles. The van der Waals surface area contributed by atoms with Crippen LogP contribution in [-0.4, -0.2) is 23.6 Å². The van der Waals surface area contributed by atoms with Gasteiger partial charge in [0.2, 0.25) is 0 Å². The molecule has 0 fully saturated rings. The van der Waals surface area contributed by atoms with Crippen LogP contribution in [0.5, 0.6) is 0 Å². The highest BCUT2D eigenvalue weighted by atomic mass is 79.9. The van der Waals surface area contributed by atoms with Crippen LogP contribution in [0.1, 0.15) is 6.92 Å². The fourth-order valence-electron chi connectivity index (χ4n) is 0.655. The normalized spacial score (nSPS) is 15.1. The molecule has 0 radical (unpaired) electrons. The lowest BCUT2D eigenvalue weighted by atomic mass is 10.5. The number of nitriles is 1. The average molecular weight is 681 g/mol. The summed E-state index contributed by atoms with van der Waals surface area (Å²) in [6.45, 7) is 1.43. The molecule has 19 heavy (non-hydrogen) atoms. The Kier molecular flexibility index (Phi) is 10.1. The first-order chi connectivity index (χ1) is 8.49. The van der Waals surface area contributed by atoms with Crippen molar-refractivity contribution < 1.29 is 18.1 Å². The minimum Gasteiger partial charge on any atom is -0.268 e. The Morgan fingerprint density at radius 2 is 1.53 bits per heavy atom. The van der Waals surface area contributed by atoms with E-state index in [0.29, 0.717) is 0 Å². The zero-order chi connectivity index (χ0) is 15.3. The van der Waals surface area contributed by atoms with Gasteiger partial charge in [0, 0.05) is 0 Å². The van der Waals surface area contributed by atoms with Crippen LogP contribution in [0.2, 0.25) is 0 Å². The summed E-state index contributed by atoms with van der Waals surface area (Å²) in [7, 11) is -4.04. The van der Waals surface area contributed by atoms with E-state index in [4.69, 9.17) is 18.8 Å². The topological polar surface area (TPSA) is 68.5 Å². The van der Waals surface area contributed by atoms with Crippen molar-refractivity contribution in [3.63, 3.8) is 0 Å². The highest BCUT2D eigenvalue weighted by Gasteiger charge is 2.44. The van der Waals surface area contributed by atoms with E-state index in [-0.39, 0.29) is 10.7 Å². The summed E-state index contributed by atoms with van der Waals surface area (Å²) in [4.78, 5) is 0. The summed E-state index contributed by atoms with van der Waals surface area (Å²) >= 11 is 18.9. The van der Waals surface area contributed by atoms with Gasteiger partial charge < -0.3 is 0 Å². The van der Waals surface area contributed by atoms with Crippen LogP contribution in [-0.2, 0) is 18.1 Å². The molecule has 0 N–H and O–H groups in total. The Labute approximate surface area is 161 Å². The fourth-order valence-corrected chi connectivity index (χ4v) is 4.71. The quantitative estimate of drug-likeness (QED) is 0.242. The van der Waals surface area contributed by atoms with Crippen LogP contribution in [0.25, 0.3) is 0 Å². The Bertz CT molecular complexity index is 364. The molecule has 0 aromatic heterocycles. The van der Waals surface area contributed by atoms with Crippen molar-refractivity contribution in [3.8, 4) is 6.07 Å². The summed E-state index contributed by atoms with van der Waals surface area (Å²) in [5, 5.41) is 9.24. The Hall–Kier alpha value is 2.48. The summed E-state index contributed by atoms with van der Waals surface area (Å²) in [5.41, 5.74) is 0. The van der Waals surface area contributed by atoms with Crippen molar-refractivity contribution in [2.24, 2.45) is 0 Å².